The van der Waals surface area contributed by atoms with Gasteiger partial charge in [0.2, 0.25) is 0 Å². The molecule has 2 unspecified atom stereocenters. The van der Waals surface area contributed by atoms with Crippen LogP contribution in [0.2, 0.25) is 0 Å². The number of anilines is 1. The maximum absolute atomic E-state index is 10.2. The summed E-state index contributed by atoms with van der Waals surface area (Å²) in [7, 11) is 0. The Morgan fingerprint density at radius 3 is 2.38 bits per heavy atom. The van der Waals surface area contributed by atoms with E-state index in [1.54, 1.807) is 12.1 Å². The monoisotopic (exact) mass is 283 g/mol. The zero-order chi connectivity index (χ0) is 15.1. The van der Waals surface area contributed by atoms with E-state index in [1.165, 1.54) is 11.1 Å². The molecule has 0 heterocycles. The van der Waals surface area contributed by atoms with Crippen molar-refractivity contribution in [2.75, 3.05) is 5.32 Å². The quantitative estimate of drug-likeness (QED) is 0.767. The Morgan fingerprint density at radius 2 is 1.67 bits per heavy atom. The number of rotatable bonds is 2. The van der Waals surface area contributed by atoms with Crippen LogP contribution in [-0.2, 0) is 0 Å². The van der Waals surface area contributed by atoms with Gasteiger partial charge in [0.05, 0.1) is 6.04 Å². The van der Waals surface area contributed by atoms with Crippen LogP contribution in [0.25, 0.3) is 0 Å². The number of fused-ring (bicyclic) bond motifs is 1. The number of phenols is 2. The normalized spacial score (nSPS) is 20.3. The summed E-state index contributed by atoms with van der Waals surface area (Å²) in [6, 6.07) is 9.43. The first-order valence-electron chi connectivity index (χ1n) is 7.36. The minimum absolute atomic E-state index is 0.0806. The van der Waals surface area contributed by atoms with Gasteiger partial charge in [-0.25, -0.2) is 0 Å². The van der Waals surface area contributed by atoms with Gasteiger partial charge in [0.25, 0.3) is 0 Å². The molecule has 0 aliphatic heterocycles. The summed E-state index contributed by atoms with van der Waals surface area (Å²) in [5.74, 6) is 1.07. The van der Waals surface area contributed by atoms with Gasteiger partial charge in [-0.15, -0.1) is 0 Å². The molecule has 3 N–H and O–H groups in total. The third-order valence-corrected chi connectivity index (χ3v) is 4.46. The number of benzene rings is 2. The smallest absolute Gasteiger partial charge is 0.121 e. The highest BCUT2D eigenvalue weighted by Gasteiger charge is 2.32. The average molecular weight is 283 g/mol. The minimum Gasteiger partial charge on any atom is -0.508 e. The molecule has 3 nitrogen and oxygen atoms in total. The molecule has 2 aromatic carbocycles. The Balaban J connectivity index is 1.96. The van der Waals surface area contributed by atoms with Gasteiger partial charge < -0.3 is 15.5 Å². The second-order valence-electron chi connectivity index (χ2n) is 6.06. The van der Waals surface area contributed by atoms with Crippen LogP contribution >= 0.6 is 0 Å². The molecule has 3 rings (SSSR count). The molecule has 0 amide bonds. The van der Waals surface area contributed by atoms with Crippen molar-refractivity contribution >= 4 is 5.69 Å². The van der Waals surface area contributed by atoms with Crippen molar-refractivity contribution in [1.82, 2.24) is 0 Å². The van der Waals surface area contributed by atoms with Gasteiger partial charge in [-0.1, -0.05) is 19.1 Å². The van der Waals surface area contributed by atoms with E-state index in [1.807, 2.05) is 25.1 Å². The molecule has 2 atom stereocenters. The molecule has 3 heteroatoms. The highest BCUT2D eigenvalue weighted by molar-refractivity contribution is 5.57. The summed E-state index contributed by atoms with van der Waals surface area (Å²) in [5.41, 5.74) is 5.22. The highest BCUT2D eigenvalue weighted by Crippen LogP contribution is 2.47. The second kappa shape index (κ2) is 4.99. The number of phenolic OH excluding ortho intramolecular Hbond substituents is 2. The van der Waals surface area contributed by atoms with Gasteiger partial charge in [-0.3, -0.25) is 0 Å². The molecule has 0 spiro atoms. The van der Waals surface area contributed by atoms with Crippen molar-refractivity contribution in [3.05, 3.63) is 52.6 Å². The topological polar surface area (TPSA) is 52.5 Å². The van der Waals surface area contributed by atoms with Crippen LogP contribution in [0.5, 0.6) is 11.5 Å². The van der Waals surface area contributed by atoms with Crippen LogP contribution < -0.4 is 5.32 Å². The van der Waals surface area contributed by atoms with E-state index < -0.39 is 0 Å². The fraction of sp³-hybridized carbons (Fsp3) is 0.333. The van der Waals surface area contributed by atoms with E-state index in [4.69, 9.17) is 0 Å². The molecule has 0 radical (unpaired) electrons. The van der Waals surface area contributed by atoms with Crippen LogP contribution in [0.3, 0.4) is 0 Å². The number of aromatic hydroxyl groups is 2. The fourth-order valence-electron chi connectivity index (χ4n) is 3.37. The Morgan fingerprint density at radius 1 is 0.952 bits per heavy atom. The second-order valence-corrected chi connectivity index (χ2v) is 6.06. The van der Waals surface area contributed by atoms with Gasteiger partial charge in [0.1, 0.15) is 11.5 Å². The Bertz CT molecular complexity index is 694. The SMILES string of the molecule is Cc1ccc(NC2CC(C)c3c(C)ccc(O)c32)cc1O. The molecule has 2 aromatic rings. The summed E-state index contributed by atoms with van der Waals surface area (Å²) in [6.45, 7) is 6.16. The zero-order valence-corrected chi connectivity index (χ0v) is 12.6. The van der Waals surface area contributed by atoms with Crippen LogP contribution in [0, 0.1) is 13.8 Å². The van der Waals surface area contributed by atoms with Crippen LogP contribution in [0.4, 0.5) is 5.69 Å². The first-order valence-corrected chi connectivity index (χ1v) is 7.36. The lowest BCUT2D eigenvalue weighted by molar-refractivity contribution is 0.465. The largest absolute Gasteiger partial charge is 0.508 e. The first-order chi connectivity index (χ1) is 9.97. The standard InChI is InChI=1S/C18H21NO2/c1-10-4-6-13(9-16(10)21)19-14-8-12(3)17-11(2)5-7-15(20)18(14)17/h4-7,9,12,14,19-21H,8H2,1-3H3. The first kappa shape index (κ1) is 13.8. The zero-order valence-electron chi connectivity index (χ0n) is 12.6. The van der Waals surface area contributed by atoms with Crippen molar-refractivity contribution in [2.24, 2.45) is 0 Å². The number of aryl methyl sites for hydroxylation is 2. The van der Waals surface area contributed by atoms with Crippen molar-refractivity contribution in [3.8, 4) is 11.5 Å². The lowest BCUT2D eigenvalue weighted by Gasteiger charge is -2.17. The lowest BCUT2D eigenvalue weighted by atomic mass is 9.97. The highest BCUT2D eigenvalue weighted by atomic mass is 16.3. The summed E-state index contributed by atoms with van der Waals surface area (Å²) in [6.07, 6.45) is 0.947. The molecule has 21 heavy (non-hydrogen) atoms. The Labute approximate surface area is 125 Å². The molecule has 0 saturated carbocycles. The van der Waals surface area contributed by atoms with Crippen LogP contribution in [-0.4, -0.2) is 10.2 Å². The summed E-state index contributed by atoms with van der Waals surface area (Å²) in [5, 5.41) is 23.5. The molecular formula is C18H21NO2. The van der Waals surface area contributed by atoms with E-state index >= 15 is 0 Å². The van der Waals surface area contributed by atoms with E-state index in [0.29, 0.717) is 17.4 Å². The molecular weight excluding hydrogens is 262 g/mol. The van der Waals surface area contributed by atoms with Crippen molar-refractivity contribution in [3.63, 3.8) is 0 Å². The van der Waals surface area contributed by atoms with Crippen molar-refractivity contribution < 1.29 is 10.2 Å². The fourth-order valence-corrected chi connectivity index (χ4v) is 3.37. The molecule has 0 aromatic heterocycles. The van der Waals surface area contributed by atoms with Gasteiger partial charge in [-0.05, 0) is 55.0 Å². The summed E-state index contributed by atoms with van der Waals surface area (Å²) >= 11 is 0. The Hall–Kier alpha value is -2.16. The molecule has 1 aliphatic carbocycles. The third-order valence-electron chi connectivity index (χ3n) is 4.46. The van der Waals surface area contributed by atoms with Gasteiger partial charge in [-0.2, -0.15) is 0 Å². The molecule has 1 aliphatic rings. The summed E-state index contributed by atoms with van der Waals surface area (Å²) in [4.78, 5) is 0. The van der Waals surface area contributed by atoms with Crippen LogP contribution in [0.15, 0.2) is 30.3 Å². The van der Waals surface area contributed by atoms with Gasteiger partial charge in [0, 0.05) is 17.3 Å². The summed E-state index contributed by atoms with van der Waals surface area (Å²) < 4.78 is 0. The third kappa shape index (κ3) is 2.33. The maximum atomic E-state index is 10.2. The number of hydrogen-bond donors (Lipinski definition) is 3. The van der Waals surface area contributed by atoms with Gasteiger partial charge in [0.15, 0.2) is 0 Å². The molecule has 0 saturated heterocycles. The van der Waals surface area contributed by atoms with E-state index in [9.17, 15) is 10.2 Å². The van der Waals surface area contributed by atoms with Gasteiger partial charge >= 0.3 is 0 Å². The van der Waals surface area contributed by atoms with E-state index in [2.05, 4.69) is 19.2 Å². The molecule has 110 valence electrons. The minimum atomic E-state index is 0.0806. The Kier molecular flexibility index (Phi) is 3.28. The molecule has 0 bridgehead atoms. The van der Waals surface area contributed by atoms with Crippen LogP contribution in [0.1, 0.15) is 47.6 Å². The number of nitrogens with one attached hydrogen (secondary N) is 1. The lowest BCUT2D eigenvalue weighted by Crippen LogP contribution is -2.07. The predicted octanol–water partition coefficient (Wildman–Crippen LogP) is 4.38. The predicted molar refractivity (Wildman–Crippen MR) is 85.1 cm³/mol. The number of hydrogen-bond acceptors (Lipinski definition) is 3. The maximum Gasteiger partial charge on any atom is 0.121 e. The van der Waals surface area contributed by atoms with E-state index in [0.717, 1.165) is 23.2 Å². The molecule has 0 fully saturated rings. The average Bonchev–Trinajstić information content (AvgIpc) is 2.76. The van der Waals surface area contributed by atoms with E-state index in [-0.39, 0.29) is 6.04 Å². The van der Waals surface area contributed by atoms with Crippen molar-refractivity contribution in [2.45, 2.75) is 39.2 Å². The van der Waals surface area contributed by atoms with Crippen molar-refractivity contribution in [1.29, 1.82) is 0 Å².